The number of rotatable bonds is 6. The Balaban J connectivity index is 0.000000788. The molecule has 0 heterocycles. The van der Waals surface area contributed by atoms with E-state index in [9.17, 15) is 4.79 Å². The van der Waals surface area contributed by atoms with Crippen molar-refractivity contribution in [3.63, 3.8) is 0 Å². The molecule has 0 amide bonds. The number of fused-ring (bicyclic) bond motifs is 2. The summed E-state index contributed by atoms with van der Waals surface area (Å²) in [6.07, 6.45) is 4.53. The van der Waals surface area contributed by atoms with Gasteiger partial charge in [0, 0.05) is 31.0 Å². The Bertz CT molecular complexity index is 1670. The van der Waals surface area contributed by atoms with Gasteiger partial charge in [0.05, 0.1) is 20.1 Å². The van der Waals surface area contributed by atoms with E-state index in [-0.39, 0.29) is 50.8 Å². The number of carboxylic acid groups (broad SMARTS) is 1. The molecular formula is C38H46Cl5MgN5O2. The van der Waals surface area contributed by atoms with E-state index in [1.165, 1.54) is 40.4 Å². The number of hydrogen-bond donors (Lipinski definition) is 5. The number of benzene rings is 4. The van der Waals surface area contributed by atoms with Gasteiger partial charge in [-0.1, -0.05) is 107 Å². The number of nitrogens with two attached hydrogens (primary N) is 1. The van der Waals surface area contributed by atoms with Crippen molar-refractivity contribution < 1.29 is 12.8 Å². The van der Waals surface area contributed by atoms with Gasteiger partial charge in [0.1, 0.15) is 6.54 Å². The molecule has 272 valence electrons. The zero-order valence-electron chi connectivity index (χ0n) is 30.9. The maximum Gasteiger partial charge on any atom is 2.00 e. The summed E-state index contributed by atoms with van der Waals surface area (Å²) in [6, 6.07) is 30.2. The summed E-state index contributed by atoms with van der Waals surface area (Å²) in [5, 5.41) is 24.2. The van der Waals surface area contributed by atoms with Crippen LogP contribution >= 0.6 is 58.8 Å². The molecule has 4 aromatic carbocycles. The molecule has 6 N–H and O–H groups in total. The number of carboxylic acids is 1. The molecule has 0 unspecified atom stereocenters. The van der Waals surface area contributed by atoms with Crippen LogP contribution in [0.25, 0.3) is 0 Å². The molecule has 0 saturated carbocycles. The Kier molecular flexibility index (Phi) is 18.9. The molecule has 0 bridgehead atoms. The van der Waals surface area contributed by atoms with Gasteiger partial charge in [-0.25, -0.2) is 0 Å². The molecule has 2 aliphatic rings. The number of nitrogens with one attached hydrogen (secondary N) is 3. The third kappa shape index (κ3) is 11.9. The van der Waals surface area contributed by atoms with Crippen LogP contribution in [-0.2, 0) is 4.79 Å². The average molecular weight is 806 g/mol. The van der Waals surface area contributed by atoms with E-state index in [1.54, 1.807) is 0 Å². The minimum Gasteiger partial charge on any atom is -1.00 e. The molecule has 0 saturated heterocycles. The molecule has 0 aromatic heterocycles. The van der Waals surface area contributed by atoms with E-state index in [2.05, 4.69) is 71.3 Å². The number of guanidine groups is 1. The molecule has 4 atom stereocenters. The van der Waals surface area contributed by atoms with E-state index in [0.29, 0.717) is 44.0 Å². The van der Waals surface area contributed by atoms with Gasteiger partial charge in [0.15, 0.2) is 5.96 Å². The van der Waals surface area contributed by atoms with Crippen molar-refractivity contribution in [2.45, 2.75) is 49.6 Å². The Hall–Kier alpha value is -2.24. The van der Waals surface area contributed by atoms with Crippen molar-refractivity contribution in [3.05, 3.63) is 138 Å². The second kappa shape index (κ2) is 21.5. The van der Waals surface area contributed by atoms with Crippen LogP contribution in [0.15, 0.2) is 84.9 Å². The van der Waals surface area contributed by atoms with Gasteiger partial charge in [0.2, 0.25) is 0 Å². The summed E-state index contributed by atoms with van der Waals surface area (Å²) in [6.45, 7) is -0.227. The van der Waals surface area contributed by atoms with Crippen molar-refractivity contribution >= 4 is 93.8 Å². The third-order valence-electron chi connectivity index (χ3n) is 9.15. The van der Waals surface area contributed by atoms with Gasteiger partial charge in [-0.15, -0.1) is 12.4 Å². The number of hydrogen-bond acceptors (Lipinski definition) is 4. The van der Waals surface area contributed by atoms with Crippen molar-refractivity contribution in [1.29, 1.82) is 5.41 Å². The predicted octanol–water partition coefficient (Wildman–Crippen LogP) is 9.52. The summed E-state index contributed by atoms with van der Waals surface area (Å²) < 4.78 is 0. The molecule has 0 aliphatic heterocycles. The van der Waals surface area contributed by atoms with Gasteiger partial charge < -0.3 is 29.2 Å². The molecule has 51 heavy (non-hydrogen) atoms. The number of nitrogens with zero attached hydrogens (tertiary/aromatic N) is 1. The Morgan fingerprint density at radius 2 is 1.12 bits per heavy atom. The van der Waals surface area contributed by atoms with Gasteiger partial charge in [-0.2, -0.15) is 0 Å². The zero-order chi connectivity index (χ0) is 35.7. The Morgan fingerprint density at radius 3 is 1.41 bits per heavy atom. The largest absolute Gasteiger partial charge is 2.00 e. The van der Waals surface area contributed by atoms with Crippen LogP contribution in [0.1, 0.15) is 85.8 Å². The monoisotopic (exact) mass is 803 g/mol. The molecule has 13 heteroatoms. The summed E-state index contributed by atoms with van der Waals surface area (Å²) >= 11 is 24.4. The first kappa shape index (κ1) is 44.9. The van der Waals surface area contributed by atoms with E-state index >= 15 is 0 Å². The van der Waals surface area contributed by atoms with Gasteiger partial charge >= 0.3 is 29.0 Å². The molecule has 0 spiro atoms. The van der Waals surface area contributed by atoms with Crippen LogP contribution in [-0.4, -0.2) is 72.7 Å². The van der Waals surface area contributed by atoms with Crippen LogP contribution in [0.4, 0.5) is 0 Å². The maximum absolute atomic E-state index is 9.92. The van der Waals surface area contributed by atoms with Crippen LogP contribution in [0.3, 0.4) is 0 Å². The first-order valence-corrected chi connectivity index (χ1v) is 17.6. The fourth-order valence-corrected chi connectivity index (χ4v) is 7.23. The van der Waals surface area contributed by atoms with Crippen LogP contribution < -0.4 is 16.4 Å². The standard InChI is InChI=1S/2C17H17Cl2N.C4H9N3O2.ClH.Mg.2H/c2*1-20-17-9-7-12(13-4-2-3-5-14(13)17)11-6-8-15(18)16(19)10-11;1-7(4(5)6)2-3(8)9;;;;/h2*2-6,8,10,12,17,20H,7,9H2,1H3;2H2,1H3,(H3,5,6)(H,8,9);1H;;;/q;;;;+2;2*-1/t2*12-,17-;;;;;/m00...../s1. The number of halogens is 5. The normalized spacial score (nSPS) is 18.4. The van der Waals surface area contributed by atoms with E-state index in [4.69, 9.17) is 62.7 Å². The molecule has 0 fully saturated rings. The summed E-state index contributed by atoms with van der Waals surface area (Å²) in [4.78, 5) is 11.0. The molecule has 6 rings (SSSR count). The summed E-state index contributed by atoms with van der Waals surface area (Å²) in [5.74, 6) is -0.416. The summed E-state index contributed by atoms with van der Waals surface area (Å²) in [5.41, 5.74) is 13.0. The topological polar surface area (TPSA) is 114 Å². The molecule has 0 radical (unpaired) electrons. The second-order valence-corrected chi connectivity index (χ2v) is 13.8. The van der Waals surface area contributed by atoms with Gasteiger partial charge in [-0.3, -0.25) is 10.2 Å². The maximum atomic E-state index is 9.92. The SMILES string of the molecule is CN(CC(=O)O)C(=N)N.CN[C@H]1CC[C@@H](c2ccc(Cl)c(Cl)c2)c2ccccc21.CN[C@H]1CC[C@@H](c2ccc(Cl)c(Cl)c2)c2ccccc21.Cl.[H-].[H-].[Mg+2]. The molecular weight excluding hydrogens is 760 g/mol. The smallest absolute Gasteiger partial charge is 1.00 e. The van der Waals surface area contributed by atoms with Crippen LogP contribution in [0.2, 0.25) is 20.1 Å². The first-order valence-electron chi connectivity index (χ1n) is 16.1. The number of aliphatic carboxylic acids is 1. The van der Waals surface area contributed by atoms with Gasteiger partial charge in [-0.05, 0) is 97.4 Å². The molecule has 7 nitrogen and oxygen atoms in total. The second-order valence-electron chi connectivity index (χ2n) is 12.2. The quantitative estimate of drug-likeness (QED) is 0.0754. The third-order valence-corrected chi connectivity index (χ3v) is 10.6. The number of likely N-dealkylation sites (N-methyl/N-ethyl adjacent to an activating group) is 1. The van der Waals surface area contributed by atoms with Crippen molar-refractivity contribution in [1.82, 2.24) is 15.5 Å². The molecule has 2 aliphatic carbocycles. The van der Waals surface area contributed by atoms with E-state index in [1.807, 2.05) is 38.4 Å². The van der Waals surface area contributed by atoms with Crippen molar-refractivity contribution in [2.24, 2.45) is 5.73 Å². The average Bonchev–Trinajstić information content (AvgIpc) is 3.10. The van der Waals surface area contributed by atoms with E-state index < -0.39 is 5.97 Å². The Morgan fingerprint density at radius 1 is 0.745 bits per heavy atom. The van der Waals surface area contributed by atoms with E-state index in [0.717, 1.165) is 30.6 Å². The molecule has 4 aromatic rings. The van der Waals surface area contributed by atoms with Crippen molar-refractivity contribution in [3.8, 4) is 0 Å². The summed E-state index contributed by atoms with van der Waals surface area (Å²) in [7, 11) is 5.50. The predicted molar refractivity (Wildman–Crippen MR) is 219 cm³/mol. The van der Waals surface area contributed by atoms with Crippen molar-refractivity contribution in [2.75, 3.05) is 27.7 Å². The fraction of sp³-hybridized carbons (Fsp3) is 0.316. The van der Waals surface area contributed by atoms with Gasteiger partial charge in [0.25, 0.3) is 0 Å². The first-order chi connectivity index (χ1) is 23.4. The Labute approximate surface area is 346 Å². The minimum absolute atomic E-state index is 0. The minimum atomic E-state index is -0.993. The zero-order valence-corrected chi connectivity index (χ0v) is 34.2. The van der Waals surface area contributed by atoms with Crippen LogP contribution in [0, 0.1) is 5.41 Å². The number of carbonyl (C=O) groups is 1. The fourth-order valence-electron chi connectivity index (χ4n) is 6.62. The van der Waals surface area contributed by atoms with Crippen LogP contribution in [0.5, 0.6) is 0 Å².